The molecule has 0 amide bonds. The summed E-state index contributed by atoms with van der Waals surface area (Å²) >= 11 is 0. The van der Waals surface area contributed by atoms with Crippen LogP contribution < -0.4 is 16.6 Å². The van der Waals surface area contributed by atoms with E-state index in [9.17, 15) is 0 Å². The number of aryl methyl sites for hydroxylation is 1. The number of nitrogen functional groups attached to an aromatic ring is 1. The zero-order chi connectivity index (χ0) is 15.1. The van der Waals surface area contributed by atoms with Crippen LogP contribution in [0.1, 0.15) is 39.1 Å². The lowest BCUT2D eigenvalue weighted by Crippen LogP contribution is -2.32. The van der Waals surface area contributed by atoms with E-state index in [4.69, 9.17) is 10.6 Å². The van der Waals surface area contributed by atoms with Crippen LogP contribution >= 0.6 is 0 Å². The van der Waals surface area contributed by atoms with Gasteiger partial charge in [0.05, 0.1) is 12.6 Å². The Kier molecular flexibility index (Phi) is 6.67. The fourth-order valence-electron chi connectivity index (χ4n) is 1.82. The van der Waals surface area contributed by atoms with Crippen molar-refractivity contribution in [3.8, 4) is 0 Å². The third-order valence-electron chi connectivity index (χ3n) is 3.27. The molecule has 0 aliphatic carbocycles. The van der Waals surface area contributed by atoms with Gasteiger partial charge in [-0.3, -0.25) is 0 Å². The number of aromatic nitrogens is 2. The predicted molar refractivity (Wildman–Crippen MR) is 82.7 cm³/mol. The van der Waals surface area contributed by atoms with Gasteiger partial charge in [-0.05, 0) is 19.8 Å². The lowest BCUT2D eigenvalue weighted by atomic mass is 10.1. The fourth-order valence-corrected chi connectivity index (χ4v) is 1.82. The molecular formula is C14H27N5O. The maximum Gasteiger partial charge on any atom is 0.148 e. The molecule has 20 heavy (non-hydrogen) atoms. The van der Waals surface area contributed by atoms with Gasteiger partial charge in [0.25, 0.3) is 0 Å². The molecule has 114 valence electrons. The number of rotatable bonds is 8. The van der Waals surface area contributed by atoms with Crippen LogP contribution in [0.4, 0.5) is 11.6 Å². The Morgan fingerprint density at radius 1 is 1.20 bits per heavy atom. The van der Waals surface area contributed by atoms with Gasteiger partial charge in [0.1, 0.15) is 17.5 Å². The van der Waals surface area contributed by atoms with Crippen molar-refractivity contribution in [2.75, 3.05) is 24.0 Å². The number of anilines is 2. The van der Waals surface area contributed by atoms with E-state index in [1.807, 2.05) is 20.8 Å². The minimum atomic E-state index is 0.207. The minimum Gasteiger partial charge on any atom is -0.380 e. The number of ether oxygens (including phenoxy) is 1. The molecule has 1 unspecified atom stereocenters. The summed E-state index contributed by atoms with van der Waals surface area (Å²) in [6.45, 7) is 11.7. The number of hydrazine groups is 1. The van der Waals surface area contributed by atoms with E-state index in [0.717, 1.165) is 23.6 Å². The van der Waals surface area contributed by atoms with Crippen molar-refractivity contribution in [3.05, 3.63) is 11.4 Å². The summed E-state index contributed by atoms with van der Waals surface area (Å²) in [5, 5.41) is 3.46. The lowest BCUT2D eigenvalue weighted by Gasteiger charge is -2.24. The summed E-state index contributed by atoms with van der Waals surface area (Å²) in [7, 11) is 0. The highest BCUT2D eigenvalue weighted by atomic mass is 16.5. The predicted octanol–water partition coefficient (Wildman–Crippen LogP) is 2.11. The molecule has 1 aromatic rings. The van der Waals surface area contributed by atoms with E-state index in [-0.39, 0.29) is 6.04 Å². The summed E-state index contributed by atoms with van der Waals surface area (Å²) in [5.74, 6) is 8.22. The third kappa shape index (κ3) is 4.31. The molecule has 0 radical (unpaired) electrons. The zero-order valence-electron chi connectivity index (χ0n) is 13.2. The van der Waals surface area contributed by atoms with E-state index in [1.165, 1.54) is 0 Å². The van der Waals surface area contributed by atoms with E-state index in [1.54, 1.807) is 0 Å². The average Bonchev–Trinajstić information content (AvgIpc) is 2.44. The maximum absolute atomic E-state index is 5.54. The monoisotopic (exact) mass is 281 g/mol. The van der Waals surface area contributed by atoms with Crippen molar-refractivity contribution in [2.45, 2.75) is 47.1 Å². The summed E-state index contributed by atoms with van der Waals surface area (Å²) < 4.78 is 5.54. The molecule has 0 fully saturated rings. The first-order valence-corrected chi connectivity index (χ1v) is 7.21. The second-order valence-electron chi connectivity index (χ2n) is 5.11. The Morgan fingerprint density at radius 3 is 2.35 bits per heavy atom. The normalized spacial score (nSPS) is 12.6. The first-order valence-electron chi connectivity index (χ1n) is 7.21. The smallest absolute Gasteiger partial charge is 0.148 e. The quantitative estimate of drug-likeness (QED) is 0.500. The average molecular weight is 281 g/mol. The van der Waals surface area contributed by atoms with Crippen molar-refractivity contribution < 1.29 is 4.74 Å². The summed E-state index contributed by atoms with van der Waals surface area (Å²) in [6.07, 6.45) is 0.765. The van der Waals surface area contributed by atoms with Crippen LogP contribution in [-0.4, -0.2) is 29.2 Å². The first kappa shape index (κ1) is 16.7. The van der Waals surface area contributed by atoms with Crippen molar-refractivity contribution >= 4 is 11.6 Å². The minimum absolute atomic E-state index is 0.207. The van der Waals surface area contributed by atoms with Gasteiger partial charge in [-0.2, -0.15) is 0 Å². The molecule has 1 rings (SSSR count). The fraction of sp³-hybridized carbons (Fsp3) is 0.714. The van der Waals surface area contributed by atoms with Crippen LogP contribution in [0.25, 0.3) is 0 Å². The molecule has 0 aromatic carbocycles. The van der Waals surface area contributed by atoms with E-state index in [2.05, 4.69) is 34.6 Å². The van der Waals surface area contributed by atoms with Gasteiger partial charge in [0, 0.05) is 18.6 Å². The van der Waals surface area contributed by atoms with Gasteiger partial charge in [-0.25, -0.2) is 15.8 Å². The Balaban J connectivity index is 2.98. The van der Waals surface area contributed by atoms with Crippen molar-refractivity contribution in [2.24, 2.45) is 11.8 Å². The number of hydrogen-bond acceptors (Lipinski definition) is 6. The van der Waals surface area contributed by atoms with Crippen LogP contribution in [0.5, 0.6) is 0 Å². The molecule has 6 heteroatoms. The molecule has 0 bridgehead atoms. The summed E-state index contributed by atoms with van der Waals surface area (Å²) in [5.41, 5.74) is 3.56. The standard InChI is InChI=1S/C14H27N5O/c1-6-12-17-13(10(5)14(18-12)19-15)16-11(9(3)4)8-20-7-2/h9,11H,6-8,15H2,1-5H3,(H2,16,17,18,19). The lowest BCUT2D eigenvalue weighted by molar-refractivity contribution is 0.126. The molecule has 0 aliphatic rings. The van der Waals surface area contributed by atoms with E-state index >= 15 is 0 Å². The van der Waals surface area contributed by atoms with E-state index < -0.39 is 0 Å². The highest BCUT2D eigenvalue weighted by Gasteiger charge is 2.17. The van der Waals surface area contributed by atoms with Crippen molar-refractivity contribution in [1.29, 1.82) is 0 Å². The molecule has 1 heterocycles. The van der Waals surface area contributed by atoms with Gasteiger partial charge in [-0.15, -0.1) is 0 Å². The first-order chi connectivity index (χ1) is 9.53. The van der Waals surface area contributed by atoms with Gasteiger partial charge >= 0.3 is 0 Å². The molecule has 6 nitrogen and oxygen atoms in total. The van der Waals surface area contributed by atoms with E-state index in [0.29, 0.717) is 24.9 Å². The van der Waals surface area contributed by atoms with Crippen LogP contribution in [-0.2, 0) is 11.2 Å². The molecule has 1 atom stereocenters. The second kappa shape index (κ2) is 8.01. The molecule has 4 N–H and O–H groups in total. The Hall–Kier alpha value is -1.40. The summed E-state index contributed by atoms with van der Waals surface area (Å²) in [6, 6.07) is 0.207. The summed E-state index contributed by atoms with van der Waals surface area (Å²) in [4.78, 5) is 8.92. The van der Waals surface area contributed by atoms with Gasteiger partial charge in [0.15, 0.2) is 0 Å². The molecule has 1 aromatic heterocycles. The topological polar surface area (TPSA) is 85.1 Å². The third-order valence-corrected chi connectivity index (χ3v) is 3.27. The van der Waals surface area contributed by atoms with Crippen LogP contribution in [0.3, 0.4) is 0 Å². The van der Waals surface area contributed by atoms with Crippen molar-refractivity contribution in [1.82, 2.24) is 9.97 Å². The molecule has 0 spiro atoms. The number of nitrogens with zero attached hydrogens (tertiary/aromatic N) is 2. The van der Waals surface area contributed by atoms with Gasteiger partial charge in [-0.1, -0.05) is 20.8 Å². The van der Waals surface area contributed by atoms with Crippen LogP contribution in [0.2, 0.25) is 0 Å². The molecular weight excluding hydrogens is 254 g/mol. The number of nitrogens with two attached hydrogens (primary N) is 1. The van der Waals surface area contributed by atoms with Crippen molar-refractivity contribution in [3.63, 3.8) is 0 Å². The maximum atomic E-state index is 5.54. The van der Waals surface area contributed by atoms with Crippen LogP contribution in [0, 0.1) is 12.8 Å². The van der Waals surface area contributed by atoms with Crippen LogP contribution in [0.15, 0.2) is 0 Å². The Labute approximate surface area is 121 Å². The highest BCUT2D eigenvalue weighted by molar-refractivity contribution is 5.57. The molecule has 0 saturated carbocycles. The van der Waals surface area contributed by atoms with Gasteiger partial charge < -0.3 is 15.5 Å². The Bertz CT molecular complexity index is 422. The van der Waals surface area contributed by atoms with Gasteiger partial charge in [0.2, 0.25) is 0 Å². The Morgan fingerprint density at radius 2 is 1.85 bits per heavy atom. The molecule has 0 saturated heterocycles. The number of hydrogen-bond donors (Lipinski definition) is 3. The largest absolute Gasteiger partial charge is 0.380 e. The molecule has 0 aliphatic heterocycles. The second-order valence-corrected chi connectivity index (χ2v) is 5.11. The zero-order valence-corrected chi connectivity index (χ0v) is 13.2. The SMILES string of the molecule is CCOCC(Nc1nc(CC)nc(NN)c1C)C(C)C. The highest BCUT2D eigenvalue weighted by Crippen LogP contribution is 2.21. The number of nitrogens with one attached hydrogen (secondary N) is 2.